The van der Waals surface area contributed by atoms with Crippen LogP contribution in [0.3, 0.4) is 0 Å². The summed E-state index contributed by atoms with van der Waals surface area (Å²) >= 11 is 0. The molecule has 2 unspecified atom stereocenters. The summed E-state index contributed by atoms with van der Waals surface area (Å²) in [5.41, 5.74) is 2.19. The highest BCUT2D eigenvalue weighted by atomic mass is 19.1. The van der Waals surface area contributed by atoms with Crippen molar-refractivity contribution in [1.29, 1.82) is 0 Å². The molecule has 0 aliphatic carbocycles. The zero-order valence-corrected chi connectivity index (χ0v) is 16.6. The highest BCUT2D eigenvalue weighted by molar-refractivity contribution is 6.27. The first-order valence-electron chi connectivity index (χ1n) is 10.2. The van der Waals surface area contributed by atoms with Crippen LogP contribution in [0.25, 0.3) is 21.7 Å². The Labute approximate surface area is 180 Å². The van der Waals surface area contributed by atoms with E-state index in [2.05, 4.69) is 20.3 Å². The van der Waals surface area contributed by atoms with Crippen LogP contribution >= 0.6 is 0 Å². The molecule has 2 N–H and O–H groups in total. The van der Waals surface area contributed by atoms with E-state index in [1.807, 2.05) is 0 Å². The van der Waals surface area contributed by atoms with Gasteiger partial charge in [-0.25, -0.2) is 4.39 Å². The summed E-state index contributed by atoms with van der Waals surface area (Å²) in [6.45, 7) is 0. The molecule has 0 spiro atoms. The summed E-state index contributed by atoms with van der Waals surface area (Å²) in [7, 11) is 0. The first-order chi connectivity index (χ1) is 15.5. The number of pyridine rings is 2. The molecule has 3 amide bonds. The molecule has 0 saturated carbocycles. The maximum atomic E-state index is 15.8. The Morgan fingerprint density at radius 1 is 1.12 bits per heavy atom. The SMILES string of the molecule is O=C1CCC(N2C(=O)c3cccc4c(C(F)c5c[nH]c6cnccc56)ncc2c34)C(=O)N1. The fourth-order valence-electron chi connectivity index (χ4n) is 4.70. The van der Waals surface area contributed by atoms with Crippen LogP contribution in [0.15, 0.2) is 49.1 Å². The normalized spacial score (nSPS) is 19.1. The van der Waals surface area contributed by atoms with Crippen LogP contribution in [0.4, 0.5) is 10.1 Å². The van der Waals surface area contributed by atoms with E-state index in [0.717, 1.165) is 5.52 Å². The van der Waals surface area contributed by atoms with Gasteiger partial charge in [0.05, 0.1) is 29.3 Å². The molecule has 0 bridgehead atoms. The molecule has 2 aliphatic heterocycles. The fraction of sp³-hybridized carbons (Fsp3) is 0.174. The zero-order chi connectivity index (χ0) is 22.0. The third kappa shape index (κ3) is 2.51. The number of nitrogens with zero attached hydrogens (tertiary/aromatic N) is 3. The van der Waals surface area contributed by atoms with E-state index in [1.54, 1.807) is 42.9 Å². The summed E-state index contributed by atoms with van der Waals surface area (Å²) in [5.74, 6) is -1.23. The van der Waals surface area contributed by atoms with E-state index in [4.69, 9.17) is 0 Å². The Bertz CT molecular complexity index is 1460. The van der Waals surface area contributed by atoms with Crippen molar-refractivity contribution in [3.63, 3.8) is 0 Å². The molecule has 32 heavy (non-hydrogen) atoms. The molecular formula is C23H16FN5O3. The molecule has 3 aromatic heterocycles. The van der Waals surface area contributed by atoms with Gasteiger partial charge >= 0.3 is 0 Å². The number of fused-ring (bicyclic) bond motifs is 1. The highest BCUT2D eigenvalue weighted by Crippen LogP contribution is 2.43. The molecule has 0 radical (unpaired) electrons. The molecule has 158 valence electrons. The molecule has 2 atom stereocenters. The smallest absolute Gasteiger partial charge is 0.259 e. The first kappa shape index (κ1) is 18.6. The predicted molar refractivity (Wildman–Crippen MR) is 114 cm³/mol. The Hall–Kier alpha value is -4.14. The Morgan fingerprint density at radius 3 is 2.84 bits per heavy atom. The third-order valence-electron chi connectivity index (χ3n) is 6.18. The number of hydrogen-bond acceptors (Lipinski definition) is 5. The number of anilines is 1. The molecule has 1 fully saturated rings. The van der Waals surface area contributed by atoms with E-state index in [0.29, 0.717) is 33.0 Å². The summed E-state index contributed by atoms with van der Waals surface area (Å²) in [6, 6.07) is 6.00. The van der Waals surface area contributed by atoms with Gasteiger partial charge in [-0.15, -0.1) is 0 Å². The van der Waals surface area contributed by atoms with E-state index < -0.39 is 18.1 Å². The highest BCUT2D eigenvalue weighted by Gasteiger charge is 2.41. The number of carbonyl (C=O) groups excluding carboxylic acids is 3. The molecule has 5 heterocycles. The number of aromatic amines is 1. The minimum atomic E-state index is -1.53. The Balaban J connectivity index is 1.49. The van der Waals surface area contributed by atoms with Crippen molar-refractivity contribution in [3.05, 3.63) is 65.9 Å². The van der Waals surface area contributed by atoms with Gasteiger partial charge in [0.25, 0.3) is 5.91 Å². The number of H-pyrrole nitrogens is 1. The second kappa shape index (κ2) is 6.68. The van der Waals surface area contributed by atoms with Gasteiger partial charge in [0.2, 0.25) is 11.8 Å². The number of halogens is 1. The second-order valence-electron chi connectivity index (χ2n) is 7.93. The zero-order valence-electron chi connectivity index (χ0n) is 16.6. The molecule has 1 aromatic carbocycles. The number of amides is 3. The number of aromatic nitrogens is 3. The molecule has 4 aromatic rings. The number of alkyl halides is 1. The largest absolute Gasteiger partial charge is 0.360 e. The molecule has 1 saturated heterocycles. The van der Waals surface area contributed by atoms with E-state index in [-0.39, 0.29) is 30.3 Å². The monoisotopic (exact) mass is 429 g/mol. The lowest BCUT2D eigenvalue weighted by molar-refractivity contribution is -0.134. The number of nitrogens with one attached hydrogen (secondary N) is 2. The minimum Gasteiger partial charge on any atom is -0.360 e. The number of rotatable bonds is 3. The number of benzene rings is 1. The molecule has 2 aliphatic rings. The van der Waals surface area contributed by atoms with E-state index in [9.17, 15) is 14.4 Å². The van der Waals surface area contributed by atoms with Crippen molar-refractivity contribution >= 4 is 45.1 Å². The predicted octanol–water partition coefficient (Wildman–Crippen LogP) is 2.94. The van der Waals surface area contributed by atoms with Crippen molar-refractivity contribution in [2.45, 2.75) is 25.1 Å². The fourth-order valence-corrected chi connectivity index (χ4v) is 4.70. The molecule has 6 rings (SSSR count). The van der Waals surface area contributed by atoms with Crippen LogP contribution in [0.1, 0.15) is 40.6 Å². The van der Waals surface area contributed by atoms with Crippen molar-refractivity contribution in [1.82, 2.24) is 20.3 Å². The van der Waals surface area contributed by atoms with Gasteiger partial charge in [-0.2, -0.15) is 0 Å². The van der Waals surface area contributed by atoms with Crippen LogP contribution in [0.2, 0.25) is 0 Å². The minimum absolute atomic E-state index is 0.146. The number of imide groups is 1. The average molecular weight is 429 g/mol. The van der Waals surface area contributed by atoms with Gasteiger partial charge in [-0.3, -0.25) is 34.6 Å². The van der Waals surface area contributed by atoms with Crippen LogP contribution in [0, 0.1) is 0 Å². The van der Waals surface area contributed by atoms with Crippen LogP contribution in [-0.2, 0) is 9.59 Å². The maximum Gasteiger partial charge on any atom is 0.259 e. The Morgan fingerprint density at radius 2 is 2.00 bits per heavy atom. The van der Waals surface area contributed by atoms with Gasteiger partial charge in [-0.1, -0.05) is 12.1 Å². The summed E-state index contributed by atoms with van der Waals surface area (Å²) in [4.78, 5) is 50.1. The van der Waals surface area contributed by atoms with Gasteiger partial charge in [0, 0.05) is 46.1 Å². The van der Waals surface area contributed by atoms with Crippen molar-refractivity contribution in [2.75, 3.05) is 4.90 Å². The maximum absolute atomic E-state index is 15.8. The number of carbonyl (C=O) groups is 3. The lowest BCUT2D eigenvalue weighted by atomic mass is 9.99. The molecular weight excluding hydrogens is 413 g/mol. The lowest BCUT2D eigenvalue weighted by Crippen LogP contribution is -2.53. The summed E-state index contributed by atoms with van der Waals surface area (Å²) in [6.07, 6.45) is 5.11. The van der Waals surface area contributed by atoms with E-state index in [1.165, 1.54) is 11.1 Å². The van der Waals surface area contributed by atoms with Gasteiger partial charge in [0.15, 0.2) is 6.17 Å². The number of piperidine rings is 1. The van der Waals surface area contributed by atoms with Crippen molar-refractivity contribution in [2.24, 2.45) is 0 Å². The summed E-state index contributed by atoms with van der Waals surface area (Å²) < 4.78 is 15.8. The standard InChI is InChI=1S/C23H16FN5O3/c24-20(14-8-26-15-9-25-7-6-11(14)15)21-12-2-1-3-13-19(12)17(10-27-21)29(23(13)32)16-4-5-18(30)28-22(16)31/h1-3,6-10,16,20,26H,4-5H2,(H,28,30,31). The van der Waals surface area contributed by atoms with Gasteiger partial charge in [-0.05, 0) is 18.6 Å². The van der Waals surface area contributed by atoms with Crippen LogP contribution < -0.4 is 10.2 Å². The van der Waals surface area contributed by atoms with Gasteiger partial charge in [0.1, 0.15) is 6.04 Å². The second-order valence-corrected chi connectivity index (χ2v) is 7.93. The quantitative estimate of drug-likeness (QED) is 0.487. The van der Waals surface area contributed by atoms with Crippen LogP contribution in [0.5, 0.6) is 0 Å². The first-order valence-corrected chi connectivity index (χ1v) is 10.2. The Kier molecular flexibility index (Phi) is 3.89. The molecule has 9 heteroatoms. The van der Waals surface area contributed by atoms with Gasteiger partial charge < -0.3 is 4.98 Å². The van der Waals surface area contributed by atoms with Crippen molar-refractivity contribution < 1.29 is 18.8 Å². The van der Waals surface area contributed by atoms with E-state index >= 15 is 4.39 Å². The average Bonchev–Trinajstić information content (AvgIpc) is 3.35. The summed E-state index contributed by atoms with van der Waals surface area (Å²) in [5, 5.41) is 4.08. The van der Waals surface area contributed by atoms with Crippen molar-refractivity contribution in [3.8, 4) is 0 Å². The van der Waals surface area contributed by atoms with Crippen LogP contribution in [-0.4, -0.2) is 38.7 Å². The topological polar surface area (TPSA) is 108 Å². The molecule has 8 nitrogen and oxygen atoms in total. The number of hydrogen-bond donors (Lipinski definition) is 2. The third-order valence-corrected chi connectivity index (χ3v) is 6.18. The lowest BCUT2D eigenvalue weighted by Gasteiger charge is -2.30.